The predicted octanol–water partition coefficient (Wildman–Crippen LogP) is 7.92. The Hall–Kier alpha value is -2.95. The van der Waals surface area contributed by atoms with Crippen LogP contribution in [-0.4, -0.2) is 90.5 Å². The Morgan fingerprint density at radius 1 is 1.18 bits per heavy atom. The van der Waals surface area contributed by atoms with Crippen molar-refractivity contribution in [3.8, 4) is 0 Å². The minimum atomic E-state index is -1.23. The Balaban J connectivity index is 1.50. The molecule has 8 nitrogen and oxygen atoms in total. The molecule has 4 bridgehead atoms. The molecule has 0 radical (unpaired) electrons. The van der Waals surface area contributed by atoms with Crippen molar-refractivity contribution in [2.75, 3.05) is 40.5 Å². The number of hydrogen-bond donors (Lipinski definition) is 6. The average molecular weight is 827 g/mol. The summed E-state index contributed by atoms with van der Waals surface area (Å²) in [5, 5.41) is 55.4. The van der Waals surface area contributed by atoms with E-state index in [0.29, 0.717) is 57.2 Å². The Morgan fingerprint density at radius 2 is 1.97 bits per heavy atom. The third-order valence-corrected chi connectivity index (χ3v) is 14.9. The Morgan fingerprint density at radius 3 is 2.68 bits per heavy atom. The highest BCUT2D eigenvalue weighted by molar-refractivity contribution is 5.74. The van der Waals surface area contributed by atoms with Gasteiger partial charge in [-0.3, -0.25) is 4.79 Å². The number of hydrogen-bond acceptors (Lipinski definition) is 8. The van der Waals surface area contributed by atoms with Gasteiger partial charge >= 0.3 is 0 Å². The summed E-state index contributed by atoms with van der Waals surface area (Å²) >= 11 is 0. The van der Waals surface area contributed by atoms with Gasteiger partial charge in [-0.15, -0.1) is 0 Å². The van der Waals surface area contributed by atoms with Crippen LogP contribution in [0.25, 0.3) is 0 Å². The summed E-state index contributed by atoms with van der Waals surface area (Å²) in [4.78, 5) is 12.5. The van der Waals surface area contributed by atoms with E-state index in [9.17, 15) is 25.2 Å². The topological polar surface area (TPSA) is 131 Å². The summed E-state index contributed by atoms with van der Waals surface area (Å²) in [5.41, 5.74) is 5.04. The van der Waals surface area contributed by atoms with E-state index in [4.69, 9.17) is 4.74 Å². The number of ether oxygens (including phenoxy) is 1. The van der Waals surface area contributed by atoms with Gasteiger partial charge < -0.3 is 35.8 Å². The highest BCUT2D eigenvalue weighted by Crippen LogP contribution is 2.67. The van der Waals surface area contributed by atoms with Crippen LogP contribution in [0.4, 0.5) is 0 Å². The number of aliphatic hydroxyl groups excluding tert-OH is 3. The fourth-order valence-corrected chi connectivity index (χ4v) is 11.5. The molecule has 332 valence electrons. The van der Waals surface area contributed by atoms with E-state index in [-0.39, 0.29) is 35.8 Å². The van der Waals surface area contributed by atoms with Crippen LogP contribution in [0.3, 0.4) is 0 Å². The highest BCUT2D eigenvalue weighted by atomic mass is 16.5. The summed E-state index contributed by atoms with van der Waals surface area (Å²) in [7, 11) is 3.64. The third kappa shape index (κ3) is 10.8. The largest absolute Gasteiger partial charge is 0.396 e. The molecule has 8 heteroatoms. The fraction of sp³-hybridized carbons (Fsp3) is 0.635. The Kier molecular flexibility index (Phi) is 17.6. The van der Waals surface area contributed by atoms with E-state index in [1.165, 1.54) is 16.7 Å². The molecular formula is C52H78N2O6. The van der Waals surface area contributed by atoms with Gasteiger partial charge in [-0.25, -0.2) is 0 Å². The lowest BCUT2D eigenvalue weighted by Crippen LogP contribution is -2.65. The van der Waals surface area contributed by atoms with E-state index in [1.807, 2.05) is 26.1 Å². The van der Waals surface area contributed by atoms with Gasteiger partial charge in [0.1, 0.15) is 6.29 Å². The predicted molar refractivity (Wildman–Crippen MR) is 244 cm³/mol. The summed E-state index contributed by atoms with van der Waals surface area (Å²) in [6, 6.07) is 8.94. The van der Waals surface area contributed by atoms with Crippen molar-refractivity contribution in [1.82, 2.24) is 10.6 Å². The van der Waals surface area contributed by atoms with Crippen LogP contribution in [0.2, 0.25) is 0 Å². The fourth-order valence-electron chi connectivity index (χ4n) is 11.5. The lowest BCUT2D eigenvalue weighted by molar-refractivity contribution is -0.194. The van der Waals surface area contributed by atoms with Gasteiger partial charge in [-0.2, -0.15) is 0 Å². The summed E-state index contributed by atoms with van der Waals surface area (Å²) in [6.07, 6.45) is 21.5. The number of methoxy groups -OCH3 is 1. The van der Waals surface area contributed by atoms with Gasteiger partial charge in [0.2, 0.25) is 0 Å². The van der Waals surface area contributed by atoms with Crippen molar-refractivity contribution in [2.24, 2.45) is 35.0 Å². The minimum Gasteiger partial charge on any atom is -0.396 e. The molecule has 2 saturated carbocycles. The third-order valence-electron chi connectivity index (χ3n) is 14.9. The molecule has 1 aromatic rings. The number of benzene rings is 1. The molecule has 5 rings (SSSR count). The molecule has 0 amide bonds. The molecule has 0 unspecified atom stereocenters. The number of nitrogens with one attached hydrogen (secondary N) is 2. The van der Waals surface area contributed by atoms with Crippen molar-refractivity contribution >= 4 is 6.29 Å². The number of fused-ring (bicyclic) bond motifs is 5. The summed E-state index contributed by atoms with van der Waals surface area (Å²) in [5.74, 6) is -0.806. The van der Waals surface area contributed by atoms with Gasteiger partial charge in [0.05, 0.1) is 17.8 Å². The summed E-state index contributed by atoms with van der Waals surface area (Å²) < 4.78 is 5.47. The molecule has 4 aliphatic rings. The zero-order valence-electron chi connectivity index (χ0n) is 37.7. The minimum absolute atomic E-state index is 0.0306. The van der Waals surface area contributed by atoms with Crippen molar-refractivity contribution in [3.05, 3.63) is 106 Å². The first kappa shape index (κ1) is 48.1. The van der Waals surface area contributed by atoms with Crippen molar-refractivity contribution in [3.63, 3.8) is 0 Å². The van der Waals surface area contributed by atoms with Gasteiger partial charge in [-0.05, 0) is 139 Å². The number of carbonyl (C=O) groups excluding carboxylic acids is 1. The van der Waals surface area contributed by atoms with Crippen molar-refractivity contribution in [2.45, 2.75) is 135 Å². The molecule has 0 aromatic heterocycles. The smallest absolute Gasteiger partial charge is 0.145 e. The van der Waals surface area contributed by atoms with Crippen molar-refractivity contribution in [1.29, 1.82) is 0 Å². The Bertz CT molecular complexity index is 1760. The first-order chi connectivity index (χ1) is 28.8. The maximum atomic E-state index is 13.0. The van der Waals surface area contributed by atoms with Crippen LogP contribution >= 0.6 is 0 Å². The second-order valence-electron chi connectivity index (χ2n) is 19.1. The quantitative estimate of drug-likeness (QED) is 0.0290. The van der Waals surface area contributed by atoms with Gasteiger partial charge in [-0.1, -0.05) is 110 Å². The molecule has 10 atom stereocenters. The molecule has 3 aliphatic carbocycles. The van der Waals surface area contributed by atoms with E-state index in [1.54, 1.807) is 7.11 Å². The number of rotatable bonds is 18. The van der Waals surface area contributed by atoms with Crippen LogP contribution in [0.1, 0.15) is 109 Å². The maximum Gasteiger partial charge on any atom is 0.145 e. The Labute approximate surface area is 362 Å². The lowest BCUT2D eigenvalue weighted by atomic mass is 9.45. The number of unbranched alkanes of at least 4 members (excludes halogenated alkanes) is 2. The number of allylic oxidation sites excluding steroid dienone is 9. The van der Waals surface area contributed by atoms with Crippen LogP contribution in [0, 0.1) is 35.0 Å². The van der Waals surface area contributed by atoms with E-state index < -0.39 is 29.1 Å². The summed E-state index contributed by atoms with van der Waals surface area (Å²) in [6.45, 7) is 15.2. The first-order valence-electron chi connectivity index (χ1n) is 23.0. The molecule has 1 spiro atoms. The molecule has 6 N–H and O–H groups in total. The highest BCUT2D eigenvalue weighted by Gasteiger charge is 2.68. The number of aliphatic hydroxyl groups is 4. The van der Waals surface area contributed by atoms with Crippen LogP contribution in [-0.2, 0) is 22.4 Å². The molecule has 1 aliphatic heterocycles. The van der Waals surface area contributed by atoms with Crippen LogP contribution in [0.5, 0.6) is 0 Å². The number of carbonyl (C=O) groups is 1. The monoisotopic (exact) mass is 827 g/mol. The standard InChI is InChI=1S/C52H78N2O6/c1-8-9-10-17-46(57)44(16-11-13-37(3)42-19-18-36(2)34-54-50(5,26-29-60-7)32-40-15-12-14-39(30-40)31-42)45-22-24-52(49(45)58)48-41(23-28-55)20-21-43(47(48)38(4)35-56)33-51(52,59)25-27-53-6/h11-16,18,20-21,30,35,41-43,45-46,48-49,53-55,57-59H,3,8-10,17,19,22-29,31-34H2,1-2,4-7H3/t41-,42-,43-,45+,46+,48+,49+,50-,51+,52+/m0/s1. The van der Waals surface area contributed by atoms with Gasteiger partial charge in [0, 0.05) is 49.7 Å². The average Bonchev–Trinajstić information content (AvgIpc) is 3.57. The molecule has 1 heterocycles. The van der Waals surface area contributed by atoms with Crippen LogP contribution < -0.4 is 10.6 Å². The second kappa shape index (κ2) is 21.9. The molecular weight excluding hydrogens is 749 g/mol. The maximum absolute atomic E-state index is 13.0. The van der Waals surface area contributed by atoms with Crippen LogP contribution in [0.15, 0.2) is 95.2 Å². The second-order valence-corrected chi connectivity index (χ2v) is 19.1. The molecule has 0 saturated heterocycles. The normalized spacial score (nSPS) is 33.6. The molecule has 2 fully saturated rings. The number of aldehydes is 1. The zero-order chi connectivity index (χ0) is 43.5. The molecule has 1 aromatic carbocycles. The van der Waals surface area contributed by atoms with E-state index in [0.717, 1.165) is 74.5 Å². The molecule has 60 heavy (non-hydrogen) atoms. The van der Waals surface area contributed by atoms with E-state index in [2.05, 4.69) is 86.6 Å². The van der Waals surface area contributed by atoms with E-state index >= 15 is 0 Å². The lowest BCUT2D eigenvalue weighted by Gasteiger charge is -2.61. The SMILES string of the molecule is C=C(C=CC=C([C@H](O)CCCCC)[C@H]1CC[C@]2([C@@H]1O)[C@H]1C(=C(C)C=O)[C@@H](C=C[C@H]1CCO)C[C@]2(O)CCNC)[C@H]1CC=C(C)CN[C@@](C)(CCOC)Cc2cccc(c2)C1. The van der Waals surface area contributed by atoms with Crippen molar-refractivity contribution < 1.29 is 30.0 Å². The zero-order valence-corrected chi connectivity index (χ0v) is 37.7. The van der Waals surface area contributed by atoms with Gasteiger partial charge in [0.15, 0.2) is 0 Å². The first-order valence-corrected chi connectivity index (χ1v) is 23.0. The van der Waals surface area contributed by atoms with Gasteiger partial charge in [0.25, 0.3) is 0 Å².